The highest BCUT2D eigenvalue weighted by Gasteiger charge is 2.29. The van der Waals surface area contributed by atoms with Crippen LogP contribution in [0, 0.1) is 20.2 Å². The summed E-state index contributed by atoms with van der Waals surface area (Å²) in [6, 6.07) is 15.3. The van der Waals surface area contributed by atoms with Gasteiger partial charge in [0.1, 0.15) is 18.8 Å². The zero-order valence-corrected chi connectivity index (χ0v) is 21.4. The van der Waals surface area contributed by atoms with Crippen LogP contribution in [0.2, 0.25) is 0 Å². The summed E-state index contributed by atoms with van der Waals surface area (Å²) >= 11 is 0. The normalized spacial score (nSPS) is 12.0. The van der Waals surface area contributed by atoms with Crippen molar-refractivity contribution < 1.29 is 48.8 Å². The van der Waals surface area contributed by atoms with Gasteiger partial charge in [0.05, 0.1) is 11.1 Å². The van der Waals surface area contributed by atoms with E-state index in [1.807, 2.05) is 0 Å². The zero-order valence-electron chi connectivity index (χ0n) is 21.4. The van der Waals surface area contributed by atoms with Crippen LogP contribution < -0.4 is 15.2 Å². The van der Waals surface area contributed by atoms with Crippen LogP contribution in [0.1, 0.15) is 44.3 Å². The minimum atomic E-state index is -1.67. The van der Waals surface area contributed by atoms with Crippen molar-refractivity contribution in [3.8, 4) is 11.5 Å². The lowest BCUT2D eigenvalue weighted by Crippen LogP contribution is -2.46. The second kappa shape index (κ2) is 13.0. The molecule has 0 heterocycles. The van der Waals surface area contributed by atoms with E-state index in [0.717, 1.165) is 0 Å². The molecule has 1 atom stereocenters. The van der Waals surface area contributed by atoms with E-state index >= 15 is 0 Å². The number of carboxylic acid groups (broad SMARTS) is 1. The van der Waals surface area contributed by atoms with E-state index in [1.165, 1.54) is 73.7 Å². The molecule has 0 saturated carbocycles. The molecule has 3 aromatic rings. The van der Waals surface area contributed by atoms with Crippen LogP contribution in [0.25, 0.3) is 0 Å². The minimum Gasteiger partial charge on any atom is -0.480 e. The standard InChI is InChI=1S/C26H23N3O12/c1-26(27,25(32)33)13-16-8-9-21(40-23(30)19-6-2-4-17(10-19)14-38-28(34)35)22(12-16)41-24(31)20-7-3-5-18(11-20)15-39-29(36)37/h2-12H,13-15,27H2,1H3,(H,32,33). The van der Waals surface area contributed by atoms with Gasteiger partial charge in [0, 0.05) is 6.42 Å². The summed E-state index contributed by atoms with van der Waals surface area (Å²) in [5, 5.41) is 28.4. The first-order chi connectivity index (χ1) is 19.3. The van der Waals surface area contributed by atoms with Crippen molar-refractivity contribution in [3.05, 3.63) is 115 Å². The third-order valence-corrected chi connectivity index (χ3v) is 5.47. The molecule has 3 aromatic carbocycles. The Morgan fingerprint density at radius 1 is 0.780 bits per heavy atom. The highest BCUT2D eigenvalue weighted by Crippen LogP contribution is 2.31. The molecule has 41 heavy (non-hydrogen) atoms. The van der Waals surface area contributed by atoms with Gasteiger partial charge in [-0.1, -0.05) is 30.3 Å². The molecule has 0 aliphatic carbocycles. The fourth-order valence-corrected chi connectivity index (χ4v) is 3.47. The SMILES string of the molecule is CC(N)(Cc1ccc(OC(=O)c2cccc(CO[N+](=O)[O-])c2)c(OC(=O)c2cccc(CO[N+](=O)[O-])c2)c1)C(=O)O. The number of benzene rings is 3. The highest BCUT2D eigenvalue weighted by molar-refractivity contribution is 5.93. The second-order valence-corrected chi connectivity index (χ2v) is 8.85. The summed E-state index contributed by atoms with van der Waals surface area (Å²) < 4.78 is 10.9. The van der Waals surface area contributed by atoms with Crippen molar-refractivity contribution >= 4 is 17.9 Å². The van der Waals surface area contributed by atoms with Gasteiger partial charge in [0.15, 0.2) is 11.5 Å². The summed E-state index contributed by atoms with van der Waals surface area (Å²) in [5.41, 5.74) is 5.14. The van der Waals surface area contributed by atoms with Gasteiger partial charge in [-0.3, -0.25) is 4.79 Å². The van der Waals surface area contributed by atoms with Crippen molar-refractivity contribution in [2.75, 3.05) is 0 Å². The Labute approximate surface area is 231 Å². The maximum absolute atomic E-state index is 13.0. The smallest absolute Gasteiger partial charge is 0.343 e. The molecular formula is C26H23N3O12. The van der Waals surface area contributed by atoms with Crippen LogP contribution in [0.3, 0.4) is 0 Å². The van der Waals surface area contributed by atoms with Crippen molar-refractivity contribution in [1.82, 2.24) is 0 Å². The summed E-state index contributed by atoms with van der Waals surface area (Å²) in [4.78, 5) is 66.9. The summed E-state index contributed by atoms with van der Waals surface area (Å²) in [7, 11) is 0. The Bertz CT molecular complexity index is 1490. The molecule has 0 spiro atoms. The molecule has 15 heteroatoms. The molecule has 15 nitrogen and oxygen atoms in total. The first-order valence-corrected chi connectivity index (χ1v) is 11.7. The fourth-order valence-electron chi connectivity index (χ4n) is 3.47. The fraction of sp³-hybridized carbons (Fsp3) is 0.192. The molecule has 1 unspecified atom stereocenters. The molecule has 0 fully saturated rings. The quantitative estimate of drug-likeness (QED) is 0.131. The number of carbonyl (C=O) groups excluding carboxylic acids is 2. The van der Waals surface area contributed by atoms with Crippen molar-refractivity contribution in [3.63, 3.8) is 0 Å². The first kappa shape index (κ1) is 30.0. The Balaban J connectivity index is 1.90. The number of nitrogens with zero attached hydrogens (tertiary/aromatic N) is 2. The van der Waals surface area contributed by atoms with E-state index in [0.29, 0.717) is 16.7 Å². The number of ether oxygens (including phenoxy) is 2. The van der Waals surface area contributed by atoms with Gasteiger partial charge in [-0.2, -0.15) is 0 Å². The number of carbonyl (C=O) groups is 3. The van der Waals surface area contributed by atoms with Crippen LogP contribution in [0.15, 0.2) is 66.7 Å². The van der Waals surface area contributed by atoms with E-state index in [4.69, 9.17) is 15.2 Å². The topological polar surface area (TPSA) is 221 Å². The van der Waals surface area contributed by atoms with E-state index < -0.39 is 46.8 Å². The lowest BCUT2D eigenvalue weighted by atomic mass is 9.94. The highest BCUT2D eigenvalue weighted by atomic mass is 17.0. The molecule has 0 aliphatic heterocycles. The van der Waals surface area contributed by atoms with Gasteiger partial charge >= 0.3 is 17.9 Å². The maximum atomic E-state index is 13.0. The predicted molar refractivity (Wildman–Crippen MR) is 137 cm³/mol. The number of nitrogens with two attached hydrogens (primary N) is 1. The number of aliphatic carboxylic acids is 1. The predicted octanol–water partition coefficient (Wildman–Crippen LogP) is 2.89. The van der Waals surface area contributed by atoms with Crippen molar-refractivity contribution in [2.24, 2.45) is 5.73 Å². The van der Waals surface area contributed by atoms with Gasteiger partial charge in [0.2, 0.25) is 0 Å². The summed E-state index contributed by atoms with van der Waals surface area (Å²) in [6.07, 6.45) is -0.173. The average molecular weight is 569 g/mol. The van der Waals surface area contributed by atoms with Crippen molar-refractivity contribution in [1.29, 1.82) is 0 Å². The minimum absolute atomic E-state index is 0.00898. The Morgan fingerprint density at radius 2 is 1.27 bits per heavy atom. The van der Waals surface area contributed by atoms with E-state index in [2.05, 4.69) is 9.68 Å². The molecule has 0 aliphatic rings. The van der Waals surface area contributed by atoms with Crippen LogP contribution >= 0.6 is 0 Å². The van der Waals surface area contributed by atoms with Crippen LogP contribution in [0.4, 0.5) is 0 Å². The molecule has 3 rings (SSSR count). The molecule has 0 amide bonds. The number of carboxylic acids is 1. The Hall–Kier alpha value is -5.57. The monoisotopic (exact) mass is 569 g/mol. The van der Waals surface area contributed by atoms with E-state index in [9.17, 15) is 39.7 Å². The molecule has 214 valence electrons. The van der Waals surface area contributed by atoms with E-state index in [-0.39, 0.29) is 29.0 Å². The largest absolute Gasteiger partial charge is 0.480 e. The Morgan fingerprint density at radius 3 is 1.73 bits per heavy atom. The lowest BCUT2D eigenvalue weighted by Gasteiger charge is -2.20. The third kappa shape index (κ3) is 8.72. The summed E-state index contributed by atoms with van der Waals surface area (Å²) in [6.45, 7) is 0.477. The van der Waals surface area contributed by atoms with Crippen LogP contribution in [-0.4, -0.2) is 38.7 Å². The lowest BCUT2D eigenvalue weighted by molar-refractivity contribution is -0.763. The number of hydrogen-bond donors (Lipinski definition) is 2. The first-order valence-electron chi connectivity index (χ1n) is 11.7. The van der Waals surface area contributed by atoms with Crippen LogP contribution in [-0.2, 0) is 34.1 Å². The van der Waals surface area contributed by atoms with Gasteiger partial charge in [-0.05, 0) is 60.0 Å². The summed E-state index contributed by atoms with van der Waals surface area (Å²) in [5.74, 6) is -3.55. The molecule has 0 radical (unpaired) electrons. The number of rotatable bonds is 13. The average Bonchev–Trinajstić information content (AvgIpc) is 2.92. The maximum Gasteiger partial charge on any atom is 0.343 e. The Kier molecular flexibility index (Phi) is 9.50. The molecule has 0 saturated heterocycles. The van der Waals surface area contributed by atoms with Crippen LogP contribution in [0.5, 0.6) is 11.5 Å². The zero-order chi connectivity index (χ0) is 30.2. The van der Waals surface area contributed by atoms with Gasteiger partial charge < -0.3 is 30.0 Å². The van der Waals surface area contributed by atoms with E-state index in [1.54, 1.807) is 0 Å². The van der Waals surface area contributed by atoms with Gasteiger partial charge in [0.25, 0.3) is 10.2 Å². The molecular weight excluding hydrogens is 546 g/mol. The molecule has 3 N–H and O–H groups in total. The van der Waals surface area contributed by atoms with Gasteiger partial charge in [-0.15, -0.1) is 20.2 Å². The third-order valence-electron chi connectivity index (χ3n) is 5.47. The number of hydrogen-bond acceptors (Lipinski definition) is 12. The second-order valence-electron chi connectivity index (χ2n) is 8.85. The number of esters is 2. The van der Waals surface area contributed by atoms with Crippen molar-refractivity contribution in [2.45, 2.75) is 32.1 Å². The molecule has 0 bridgehead atoms. The van der Waals surface area contributed by atoms with Gasteiger partial charge in [-0.25, -0.2) is 9.59 Å². The molecule has 0 aromatic heterocycles.